The van der Waals surface area contributed by atoms with E-state index in [1.807, 2.05) is 41.9 Å². The number of benzene rings is 4. The Morgan fingerprint density at radius 1 is 0.727 bits per heavy atom. The van der Waals surface area contributed by atoms with Crippen molar-refractivity contribution >= 4 is 70.6 Å². The van der Waals surface area contributed by atoms with Crippen LogP contribution in [-0.2, 0) is 54.3 Å². The van der Waals surface area contributed by atoms with Gasteiger partial charge in [0.1, 0.15) is 28.8 Å². The number of aldehydes is 1. The normalized spacial score (nSPS) is 10.8. The largest absolute Gasteiger partial charge is 0.416 e. The second-order valence-electron chi connectivity index (χ2n) is 20.9. The number of carbonyl (C=O) groups excluding carboxylic acids is 3. The van der Waals surface area contributed by atoms with Crippen LogP contribution in [0.5, 0.6) is 0 Å². The molecular weight excluding hydrogens is 1190 g/mol. The van der Waals surface area contributed by atoms with Crippen molar-refractivity contribution < 1.29 is 60.0 Å². The molecule has 0 aliphatic carbocycles. The van der Waals surface area contributed by atoms with Gasteiger partial charge in [-0.1, -0.05) is 64.0 Å². The smallest absolute Gasteiger partial charge is 0.266 e. The van der Waals surface area contributed by atoms with Gasteiger partial charge in [0.05, 0.1) is 85.8 Å². The number of imidazole rings is 1. The first-order valence-corrected chi connectivity index (χ1v) is 29.7. The fourth-order valence-corrected chi connectivity index (χ4v) is 9.39. The molecule has 9 rings (SSSR count). The number of hydrogen-bond acceptors (Lipinski definition) is 14. The molecule has 457 valence electrons. The fraction of sp³-hybridized carbons (Fsp3) is 0.270. The Labute approximate surface area is 518 Å². The summed E-state index contributed by atoms with van der Waals surface area (Å²) in [4.78, 5) is 81.7. The van der Waals surface area contributed by atoms with Gasteiger partial charge in [-0.05, 0) is 89.9 Å². The van der Waals surface area contributed by atoms with E-state index in [-0.39, 0.29) is 74.9 Å². The summed E-state index contributed by atoms with van der Waals surface area (Å²) in [5, 5.41) is 19.4. The van der Waals surface area contributed by atoms with Crippen molar-refractivity contribution in [1.82, 2.24) is 49.3 Å². The van der Waals surface area contributed by atoms with Crippen molar-refractivity contribution in [3.63, 3.8) is 0 Å². The number of hydrogen-bond donors (Lipinski definition) is 5. The van der Waals surface area contributed by atoms with Crippen LogP contribution in [0.4, 0.5) is 28.9 Å². The van der Waals surface area contributed by atoms with Gasteiger partial charge >= 0.3 is 0 Å². The molecular formula is C63H66F4N12O7SiV. The van der Waals surface area contributed by atoms with E-state index in [1.54, 1.807) is 25.5 Å². The van der Waals surface area contributed by atoms with Gasteiger partial charge < -0.3 is 40.6 Å². The minimum absolute atomic E-state index is 0. The zero-order valence-electron chi connectivity index (χ0n) is 48.6. The molecule has 0 atom stereocenters. The summed E-state index contributed by atoms with van der Waals surface area (Å²) in [6, 6.07) is 17.6. The van der Waals surface area contributed by atoms with Crippen LogP contribution in [0, 0.1) is 47.0 Å². The molecule has 1 radical (unpaired) electrons. The van der Waals surface area contributed by atoms with Gasteiger partial charge in [-0.15, -0.1) is 0 Å². The third-order valence-electron chi connectivity index (χ3n) is 13.9. The minimum atomic E-state index is -1.60. The third kappa shape index (κ3) is 17.5. The molecule has 19 nitrogen and oxygen atoms in total. The number of fused-ring (bicyclic) bond motifs is 4. The van der Waals surface area contributed by atoms with Gasteiger partial charge in [0.2, 0.25) is 0 Å². The van der Waals surface area contributed by atoms with Crippen molar-refractivity contribution in [2.24, 2.45) is 7.05 Å². The summed E-state index contributed by atoms with van der Waals surface area (Å²) in [6.07, 6.45) is 9.88. The average molecular weight is 1260 g/mol. The summed E-state index contributed by atoms with van der Waals surface area (Å²) in [5.74, 6) is 7.10. The maximum atomic E-state index is 13.5. The summed E-state index contributed by atoms with van der Waals surface area (Å²) < 4.78 is 63.2. The van der Waals surface area contributed by atoms with Crippen LogP contribution < -0.4 is 32.8 Å². The monoisotopic (exact) mass is 1260 g/mol. The Hall–Kier alpha value is -9.30. The number of carbonyl (C=O) groups is 3. The van der Waals surface area contributed by atoms with Crippen LogP contribution in [0.25, 0.3) is 32.8 Å². The number of amides is 2. The van der Waals surface area contributed by atoms with Crippen molar-refractivity contribution in [2.75, 3.05) is 44.4 Å². The van der Waals surface area contributed by atoms with Gasteiger partial charge in [-0.25, -0.2) is 32.5 Å². The van der Waals surface area contributed by atoms with Crippen LogP contribution >= 0.6 is 0 Å². The van der Waals surface area contributed by atoms with Gasteiger partial charge in [-0.3, -0.25) is 38.3 Å². The summed E-state index contributed by atoms with van der Waals surface area (Å²) in [6.45, 7) is 11.4. The molecule has 5 heterocycles. The van der Waals surface area contributed by atoms with E-state index < -0.39 is 54.5 Å². The van der Waals surface area contributed by atoms with Crippen LogP contribution in [0.3, 0.4) is 0 Å². The van der Waals surface area contributed by atoms with Crippen molar-refractivity contribution in [3.8, 4) is 23.7 Å². The van der Waals surface area contributed by atoms with Crippen LogP contribution in [0.15, 0.2) is 120 Å². The number of anilines is 2. The number of nitrogens with two attached hydrogens (primary N) is 1. The van der Waals surface area contributed by atoms with Crippen molar-refractivity contribution in [2.45, 2.75) is 72.3 Å². The predicted octanol–water partition coefficient (Wildman–Crippen LogP) is 8.08. The molecule has 4 aromatic carbocycles. The standard InChI is InChI=1S/C28H22F2N6O3.C25H20F2N6O2.C9H20O2Si.CH4.V/c1-35-25(8-10-37)34-24-14-33-23-7-5-17(11-19(23)26(24)35)3-2-9-32-27(38)20-13-31-16-36(28(20)39)15-18-4-6-21(29)22(30)12-18;1-29-23-17-9-15(5-7-22(17)32-12-21(23)28)3-2-8-31-24(34)18-11-30-14-33(25(18)35)13-16-4-6-19(26)20(27)10-16;1-9(2,3)12(4,5)11-8-6-7-10;;/h4-7,11-14,16,37H,8-10,15H2,1H3,(H,32,38);4-7,9-12,14H,8,13,28H2,1H3,(H,29,32)(H,31,34);7H,6,8H2,1-5H3;1H4;. The molecule has 5 aromatic heterocycles. The first-order chi connectivity index (χ1) is 41.0. The van der Waals surface area contributed by atoms with Crippen molar-refractivity contribution in [3.05, 3.63) is 193 Å². The molecule has 0 saturated carbocycles. The molecule has 0 spiro atoms. The number of aryl methyl sites for hydroxylation is 1. The van der Waals surface area contributed by atoms with Gasteiger partial charge in [0, 0.05) is 86.4 Å². The summed E-state index contributed by atoms with van der Waals surface area (Å²) in [5.41, 5.74) is 10.8. The number of halogens is 4. The number of nitrogens with one attached hydrogen (secondary N) is 3. The Balaban J connectivity index is 0.000000267. The molecule has 0 fully saturated rings. The van der Waals surface area contributed by atoms with Crippen LogP contribution in [0.1, 0.15) is 83.4 Å². The van der Waals surface area contributed by atoms with E-state index in [0.717, 1.165) is 96.4 Å². The van der Waals surface area contributed by atoms with E-state index >= 15 is 0 Å². The first-order valence-electron chi connectivity index (χ1n) is 26.8. The Morgan fingerprint density at radius 3 is 1.70 bits per heavy atom. The second-order valence-corrected chi connectivity index (χ2v) is 25.7. The number of aliphatic hydroxyl groups is 1. The van der Waals surface area contributed by atoms with E-state index in [4.69, 9.17) is 10.2 Å². The van der Waals surface area contributed by atoms with E-state index in [0.29, 0.717) is 47.4 Å². The molecule has 0 unspecified atom stereocenters. The molecule has 2 amide bonds. The number of nitrogens with zero attached hydrogens (tertiary/aromatic N) is 8. The third-order valence-corrected chi connectivity index (χ3v) is 18.4. The number of aliphatic hydroxyl groups excluding tert-OH is 1. The van der Waals surface area contributed by atoms with Gasteiger partial charge in [0.25, 0.3) is 22.9 Å². The Bertz CT molecular complexity index is 4260. The van der Waals surface area contributed by atoms with Crippen LogP contribution in [-0.4, -0.2) is 103 Å². The number of nitrogen functional groups attached to an aromatic ring is 1. The summed E-state index contributed by atoms with van der Waals surface area (Å²) >= 11 is 0. The van der Waals surface area contributed by atoms with E-state index in [1.165, 1.54) is 24.8 Å². The fourth-order valence-electron chi connectivity index (χ4n) is 8.33. The maximum absolute atomic E-state index is 13.5. The number of aromatic nitrogens is 8. The van der Waals surface area contributed by atoms with Gasteiger partial charge in [0.15, 0.2) is 31.6 Å². The van der Waals surface area contributed by atoms with Crippen molar-refractivity contribution in [1.29, 1.82) is 0 Å². The molecule has 0 bridgehead atoms. The molecule has 0 aliphatic rings. The number of rotatable bonds is 15. The van der Waals surface area contributed by atoms with Gasteiger partial charge in [-0.2, -0.15) is 0 Å². The first kappa shape index (κ1) is 69.5. The zero-order chi connectivity index (χ0) is 62.3. The molecule has 6 N–H and O–H groups in total. The topological polar surface area (TPSA) is 256 Å². The van der Waals surface area contributed by atoms with E-state index in [2.05, 4.69) is 98.4 Å². The zero-order valence-corrected chi connectivity index (χ0v) is 51.0. The Kier molecular flexibility index (Phi) is 24.8. The molecule has 9 aromatic rings. The summed E-state index contributed by atoms with van der Waals surface area (Å²) in [7, 11) is 2.05. The molecule has 88 heavy (non-hydrogen) atoms. The Morgan fingerprint density at radius 2 is 1.23 bits per heavy atom. The predicted molar refractivity (Wildman–Crippen MR) is 329 cm³/mol. The minimum Gasteiger partial charge on any atom is -0.416 e. The number of pyridine rings is 2. The van der Waals surface area contributed by atoms with Crippen LogP contribution in [0.2, 0.25) is 18.1 Å². The molecule has 0 aliphatic heterocycles. The average Bonchev–Trinajstić information content (AvgIpc) is 2.01. The molecule has 0 saturated heterocycles. The molecule has 25 heteroatoms. The quantitative estimate of drug-likeness (QED) is 0.0214. The maximum Gasteiger partial charge on any atom is 0.266 e. The van der Waals surface area contributed by atoms with E-state index in [9.17, 15) is 46.6 Å². The SMILES string of the molecule is C.CC(C)(C)[Si](C)(C)OCCC=O.CNc1c(N)cnc2ccc(C#CCNC(=O)c3cncn(Cc4ccc(F)c(F)c4)c3=O)cc12.Cn1c(CCO)nc2cnc3ccc(C#CCNC(=O)c4cncn(Cc5ccc(F)c(F)c5)c4=O)cc3c21.[V]. The second kappa shape index (κ2) is 31.4.